The third-order valence-electron chi connectivity index (χ3n) is 2.01. The van der Waals surface area contributed by atoms with Crippen molar-refractivity contribution in [3.8, 4) is 5.88 Å². The number of aliphatic carboxylic acids is 1. The van der Waals surface area contributed by atoms with Gasteiger partial charge in [-0.05, 0) is 6.07 Å². The van der Waals surface area contributed by atoms with Crippen LogP contribution in [-0.2, 0) is 11.2 Å². The Bertz CT molecular complexity index is 542. The Labute approximate surface area is 90.9 Å². The topological polar surface area (TPSA) is 85.2 Å². The number of nitrogens with zero attached hydrogens (tertiary/aromatic N) is 3. The van der Waals surface area contributed by atoms with Crippen LogP contribution in [0.15, 0.2) is 18.5 Å². The molecule has 0 amide bonds. The molecule has 6 heteroatoms. The SMILES string of the molecule is COc1nc(CC(=O)O)nc2ccncc12. The Kier molecular flexibility index (Phi) is 2.63. The molecule has 82 valence electrons. The summed E-state index contributed by atoms with van der Waals surface area (Å²) in [7, 11) is 1.47. The second-order valence-electron chi connectivity index (χ2n) is 3.11. The van der Waals surface area contributed by atoms with E-state index in [2.05, 4.69) is 15.0 Å². The zero-order valence-electron chi connectivity index (χ0n) is 8.54. The van der Waals surface area contributed by atoms with E-state index in [0.717, 1.165) is 0 Å². The van der Waals surface area contributed by atoms with E-state index in [1.54, 1.807) is 18.5 Å². The Hall–Kier alpha value is -2.24. The average molecular weight is 219 g/mol. The molecule has 2 rings (SSSR count). The van der Waals surface area contributed by atoms with E-state index >= 15 is 0 Å². The number of ether oxygens (including phenoxy) is 1. The molecule has 2 heterocycles. The first-order valence-electron chi connectivity index (χ1n) is 4.57. The van der Waals surface area contributed by atoms with E-state index < -0.39 is 5.97 Å². The van der Waals surface area contributed by atoms with Crippen molar-refractivity contribution in [3.05, 3.63) is 24.3 Å². The summed E-state index contributed by atoms with van der Waals surface area (Å²) in [6.07, 6.45) is 2.94. The highest BCUT2D eigenvalue weighted by molar-refractivity contribution is 5.82. The number of pyridine rings is 1. The van der Waals surface area contributed by atoms with Crippen LogP contribution >= 0.6 is 0 Å². The van der Waals surface area contributed by atoms with Crippen LogP contribution in [0, 0.1) is 0 Å². The van der Waals surface area contributed by atoms with Gasteiger partial charge in [0.1, 0.15) is 12.2 Å². The number of aromatic nitrogens is 3. The number of carboxylic acids is 1. The lowest BCUT2D eigenvalue weighted by atomic mass is 10.3. The summed E-state index contributed by atoms with van der Waals surface area (Å²) in [5.74, 6) is -0.409. The van der Waals surface area contributed by atoms with Crippen LogP contribution in [-0.4, -0.2) is 33.1 Å². The highest BCUT2D eigenvalue weighted by atomic mass is 16.5. The lowest BCUT2D eigenvalue weighted by molar-refractivity contribution is -0.136. The summed E-state index contributed by atoms with van der Waals surface area (Å²) in [5, 5.41) is 9.34. The summed E-state index contributed by atoms with van der Waals surface area (Å²) >= 11 is 0. The van der Waals surface area contributed by atoms with Crippen LogP contribution in [0.2, 0.25) is 0 Å². The van der Waals surface area contributed by atoms with E-state index in [1.807, 2.05) is 0 Å². The number of hydrogen-bond donors (Lipinski definition) is 1. The molecule has 0 aliphatic carbocycles. The molecule has 0 atom stereocenters. The van der Waals surface area contributed by atoms with Gasteiger partial charge in [0.15, 0.2) is 0 Å². The normalized spacial score (nSPS) is 10.3. The van der Waals surface area contributed by atoms with Gasteiger partial charge in [-0.25, -0.2) is 4.98 Å². The monoisotopic (exact) mass is 219 g/mol. The number of carbonyl (C=O) groups is 1. The summed E-state index contributed by atoms with van der Waals surface area (Å²) < 4.78 is 5.07. The number of hydrogen-bond acceptors (Lipinski definition) is 5. The molecule has 0 radical (unpaired) electrons. The van der Waals surface area contributed by atoms with Crippen molar-refractivity contribution in [2.75, 3.05) is 7.11 Å². The lowest BCUT2D eigenvalue weighted by Crippen LogP contribution is -2.06. The minimum Gasteiger partial charge on any atom is -0.481 e. The van der Waals surface area contributed by atoms with Crippen molar-refractivity contribution < 1.29 is 14.6 Å². The molecule has 2 aromatic rings. The summed E-state index contributed by atoms with van der Waals surface area (Å²) in [4.78, 5) is 22.6. The van der Waals surface area contributed by atoms with Crippen LogP contribution in [0.5, 0.6) is 5.88 Å². The molecule has 0 aromatic carbocycles. The summed E-state index contributed by atoms with van der Waals surface area (Å²) in [6, 6.07) is 1.69. The standard InChI is InChI=1S/C10H9N3O3/c1-16-10-6-5-11-3-2-7(6)12-8(13-10)4-9(14)15/h2-3,5H,4H2,1H3,(H,14,15). The third kappa shape index (κ3) is 1.90. The molecule has 1 N–H and O–H groups in total. The molecule has 0 aliphatic rings. The Balaban J connectivity index is 2.58. The molecule has 0 spiro atoms. The van der Waals surface area contributed by atoms with Gasteiger partial charge in [-0.15, -0.1) is 0 Å². The maximum atomic E-state index is 10.6. The average Bonchev–Trinajstić information content (AvgIpc) is 2.27. The van der Waals surface area contributed by atoms with E-state index in [4.69, 9.17) is 9.84 Å². The molecule has 0 aliphatic heterocycles. The zero-order chi connectivity index (χ0) is 11.5. The molecule has 0 saturated carbocycles. The molecule has 2 aromatic heterocycles. The predicted octanol–water partition coefficient (Wildman–Crippen LogP) is 0.660. The highest BCUT2D eigenvalue weighted by Gasteiger charge is 2.10. The number of rotatable bonds is 3. The largest absolute Gasteiger partial charge is 0.481 e. The molecular formula is C10H9N3O3. The smallest absolute Gasteiger partial charge is 0.311 e. The molecule has 0 unspecified atom stereocenters. The molecule has 0 saturated heterocycles. The minimum absolute atomic E-state index is 0.225. The summed E-state index contributed by atoms with van der Waals surface area (Å²) in [6.45, 7) is 0. The second kappa shape index (κ2) is 4.09. The van der Waals surface area contributed by atoms with Crippen molar-refractivity contribution in [1.82, 2.24) is 15.0 Å². The van der Waals surface area contributed by atoms with Crippen LogP contribution < -0.4 is 4.74 Å². The van der Waals surface area contributed by atoms with Crippen LogP contribution in [0.1, 0.15) is 5.82 Å². The van der Waals surface area contributed by atoms with E-state index in [-0.39, 0.29) is 12.2 Å². The number of fused-ring (bicyclic) bond motifs is 1. The van der Waals surface area contributed by atoms with Crippen molar-refractivity contribution in [2.24, 2.45) is 0 Å². The van der Waals surface area contributed by atoms with Gasteiger partial charge in [-0.3, -0.25) is 9.78 Å². The Morgan fingerprint density at radius 1 is 1.50 bits per heavy atom. The quantitative estimate of drug-likeness (QED) is 0.816. The first kappa shape index (κ1) is 10.3. The van der Waals surface area contributed by atoms with Crippen LogP contribution in [0.4, 0.5) is 0 Å². The van der Waals surface area contributed by atoms with E-state index in [0.29, 0.717) is 16.8 Å². The van der Waals surface area contributed by atoms with Crippen molar-refractivity contribution in [3.63, 3.8) is 0 Å². The van der Waals surface area contributed by atoms with Gasteiger partial charge in [0.2, 0.25) is 5.88 Å². The van der Waals surface area contributed by atoms with E-state index in [1.165, 1.54) is 7.11 Å². The van der Waals surface area contributed by atoms with Crippen molar-refractivity contribution in [2.45, 2.75) is 6.42 Å². The fourth-order valence-corrected chi connectivity index (χ4v) is 1.36. The summed E-state index contributed by atoms with van der Waals surface area (Å²) in [5.41, 5.74) is 0.623. The zero-order valence-corrected chi connectivity index (χ0v) is 8.54. The van der Waals surface area contributed by atoms with Gasteiger partial charge < -0.3 is 9.84 Å². The van der Waals surface area contributed by atoms with Crippen molar-refractivity contribution >= 4 is 16.9 Å². The van der Waals surface area contributed by atoms with Crippen LogP contribution in [0.25, 0.3) is 10.9 Å². The number of methoxy groups -OCH3 is 1. The fraction of sp³-hybridized carbons (Fsp3) is 0.200. The highest BCUT2D eigenvalue weighted by Crippen LogP contribution is 2.20. The van der Waals surface area contributed by atoms with E-state index in [9.17, 15) is 4.79 Å². The lowest BCUT2D eigenvalue weighted by Gasteiger charge is -2.05. The number of carboxylic acid groups (broad SMARTS) is 1. The maximum absolute atomic E-state index is 10.6. The van der Waals surface area contributed by atoms with Crippen LogP contribution in [0.3, 0.4) is 0 Å². The molecule has 6 nitrogen and oxygen atoms in total. The maximum Gasteiger partial charge on any atom is 0.311 e. The third-order valence-corrected chi connectivity index (χ3v) is 2.01. The first-order chi connectivity index (χ1) is 7.70. The molecule has 16 heavy (non-hydrogen) atoms. The first-order valence-corrected chi connectivity index (χ1v) is 4.57. The minimum atomic E-state index is -0.976. The Morgan fingerprint density at radius 2 is 2.31 bits per heavy atom. The van der Waals surface area contributed by atoms with Gasteiger partial charge >= 0.3 is 5.97 Å². The van der Waals surface area contributed by atoms with Gasteiger partial charge in [0, 0.05) is 12.4 Å². The fourth-order valence-electron chi connectivity index (χ4n) is 1.36. The van der Waals surface area contributed by atoms with Gasteiger partial charge in [0.05, 0.1) is 18.0 Å². The molecule has 0 fully saturated rings. The molecular weight excluding hydrogens is 210 g/mol. The van der Waals surface area contributed by atoms with Gasteiger partial charge in [0.25, 0.3) is 0 Å². The van der Waals surface area contributed by atoms with Gasteiger partial charge in [-0.1, -0.05) is 0 Å². The Morgan fingerprint density at radius 3 is 3.00 bits per heavy atom. The second-order valence-corrected chi connectivity index (χ2v) is 3.11. The van der Waals surface area contributed by atoms with Gasteiger partial charge in [-0.2, -0.15) is 4.98 Å². The predicted molar refractivity (Wildman–Crippen MR) is 55.2 cm³/mol. The van der Waals surface area contributed by atoms with Crippen molar-refractivity contribution in [1.29, 1.82) is 0 Å². The molecule has 0 bridgehead atoms.